The smallest absolute Gasteiger partial charge is 0.317 e. The first-order chi connectivity index (χ1) is 12.6. The highest BCUT2D eigenvalue weighted by Crippen LogP contribution is 2.40. The third kappa shape index (κ3) is 3.74. The molecule has 1 saturated heterocycles. The molecule has 1 aromatic heterocycles. The van der Waals surface area contributed by atoms with Crippen LogP contribution in [0.4, 0.5) is 9.18 Å². The van der Waals surface area contributed by atoms with Crippen molar-refractivity contribution in [3.63, 3.8) is 0 Å². The van der Waals surface area contributed by atoms with Gasteiger partial charge in [0.1, 0.15) is 11.6 Å². The lowest BCUT2D eigenvalue weighted by Crippen LogP contribution is -2.38. The molecule has 2 aliphatic rings. The maximum Gasteiger partial charge on any atom is 0.317 e. The van der Waals surface area contributed by atoms with Crippen LogP contribution in [0.1, 0.15) is 42.3 Å². The Bertz CT molecular complexity index is 782. The standard InChI is InChI=1S/C20H25FN4O/c1-14-10-22-19(17-4-5-17)25(14)13-16-8-9-24(12-16)20(26)23-11-15-2-6-18(21)7-3-15/h2-3,6-7,10,16-17H,4-5,8-9,11-13H2,1H3,(H,23,26). The molecule has 0 spiro atoms. The van der Waals surface area contributed by atoms with Crippen LogP contribution in [-0.2, 0) is 13.1 Å². The van der Waals surface area contributed by atoms with Gasteiger partial charge in [0.25, 0.3) is 0 Å². The van der Waals surface area contributed by atoms with Crippen LogP contribution in [0.25, 0.3) is 0 Å². The van der Waals surface area contributed by atoms with Gasteiger partial charge in [-0.2, -0.15) is 0 Å². The van der Waals surface area contributed by atoms with E-state index in [9.17, 15) is 9.18 Å². The van der Waals surface area contributed by atoms with Gasteiger partial charge in [-0.1, -0.05) is 12.1 Å². The highest BCUT2D eigenvalue weighted by Gasteiger charge is 2.31. The molecule has 2 heterocycles. The molecule has 5 nitrogen and oxygen atoms in total. The van der Waals surface area contributed by atoms with E-state index in [0.29, 0.717) is 18.4 Å². The number of benzene rings is 1. The summed E-state index contributed by atoms with van der Waals surface area (Å²) in [6.45, 7) is 5.04. The van der Waals surface area contributed by atoms with E-state index in [1.54, 1.807) is 12.1 Å². The van der Waals surface area contributed by atoms with Gasteiger partial charge in [-0.3, -0.25) is 0 Å². The van der Waals surface area contributed by atoms with E-state index in [2.05, 4.69) is 21.8 Å². The molecular formula is C20H25FN4O. The number of rotatable bonds is 5. The maximum atomic E-state index is 12.9. The first-order valence-corrected chi connectivity index (χ1v) is 9.39. The zero-order valence-electron chi connectivity index (χ0n) is 15.1. The SMILES string of the molecule is Cc1cnc(C2CC2)n1CC1CCN(C(=O)NCc2ccc(F)cc2)C1. The first kappa shape index (κ1) is 17.1. The van der Waals surface area contributed by atoms with E-state index in [0.717, 1.165) is 31.6 Å². The van der Waals surface area contributed by atoms with Gasteiger partial charge in [0.2, 0.25) is 0 Å². The monoisotopic (exact) mass is 356 g/mol. The van der Waals surface area contributed by atoms with E-state index in [1.165, 1.54) is 36.5 Å². The number of carbonyl (C=O) groups is 1. The van der Waals surface area contributed by atoms with Crippen LogP contribution < -0.4 is 5.32 Å². The lowest BCUT2D eigenvalue weighted by molar-refractivity contribution is 0.206. The zero-order chi connectivity index (χ0) is 18.1. The summed E-state index contributed by atoms with van der Waals surface area (Å²) in [7, 11) is 0. The van der Waals surface area contributed by atoms with E-state index in [4.69, 9.17) is 0 Å². The lowest BCUT2D eigenvalue weighted by atomic mass is 10.1. The third-order valence-electron chi connectivity index (χ3n) is 5.40. The fourth-order valence-electron chi connectivity index (χ4n) is 3.70. The van der Waals surface area contributed by atoms with Crippen molar-refractivity contribution in [2.75, 3.05) is 13.1 Å². The summed E-state index contributed by atoms with van der Waals surface area (Å²) in [4.78, 5) is 18.9. The highest BCUT2D eigenvalue weighted by atomic mass is 19.1. The minimum Gasteiger partial charge on any atom is -0.334 e. The fourth-order valence-corrected chi connectivity index (χ4v) is 3.70. The number of urea groups is 1. The van der Waals surface area contributed by atoms with Crippen LogP contribution in [0, 0.1) is 18.7 Å². The Kier molecular flexibility index (Phi) is 4.66. The van der Waals surface area contributed by atoms with Crippen molar-refractivity contribution in [1.82, 2.24) is 19.8 Å². The summed E-state index contributed by atoms with van der Waals surface area (Å²) in [5, 5.41) is 2.94. The summed E-state index contributed by atoms with van der Waals surface area (Å²) in [6, 6.07) is 6.19. The number of aromatic nitrogens is 2. The van der Waals surface area contributed by atoms with E-state index in [1.807, 2.05) is 11.1 Å². The molecule has 2 fully saturated rings. The van der Waals surface area contributed by atoms with Crippen molar-refractivity contribution in [2.45, 2.75) is 45.2 Å². The molecule has 4 rings (SSSR count). The second kappa shape index (κ2) is 7.09. The number of imidazole rings is 1. The molecule has 1 aliphatic heterocycles. The number of carbonyl (C=O) groups excluding carboxylic acids is 1. The molecule has 0 radical (unpaired) electrons. The second-order valence-electron chi connectivity index (χ2n) is 7.53. The Hall–Kier alpha value is -2.37. The van der Waals surface area contributed by atoms with E-state index >= 15 is 0 Å². The van der Waals surface area contributed by atoms with Crippen LogP contribution >= 0.6 is 0 Å². The van der Waals surface area contributed by atoms with Gasteiger partial charge in [-0.15, -0.1) is 0 Å². The molecule has 1 unspecified atom stereocenters. The third-order valence-corrected chi connectivity index (χ3v) is 5.40. The van der Waals surface area contributed by atoms with Crippen molar-refractivity contribution in [1.29, 1.82) is 0 Å². The van der Waals surface area contributed by atoms with Crippen LogP contribution in [0.15, 0.2) is 30.5 Å². The predicted molar refractivity (Wildman–Crippen MR) is 97.3 cm³/mol. The zero-order valence-corrected chi connectivity index (χ0v) is 15.1. The average Bonchev–Trinajstić information content (AvgIpc) is 3.27. The molecule has 2 aromatic rings. The quantitative estimate of drug-likeness (QED) is 0.892. The molecule has 2 amide bonds. The number of hydrogen-bond donors (Lipinski definition) is 1. The number of halogens is 1. The molecule has 1 saturated carbocycles. The summed E-state index contributed by atoms with van der Waals surface area (Å²) in [6.07, 6.45) is 5.49. The summed E-state index contributed by atoms with van der Waals surface area (Å²) in [5.41, 5.74) is 2.12. The van der Waals surface area contributed by atoms with E-state index < -0.39 is 0 Å². The fraction of sp³-hybridized carbons (Fsp3) is 0.500. The number of likely N-dealkylation sites (tertiary alicyclic amines) is 1. The Morgan fingerprint density at radius 1 is 1.27 bits per heavy atom. The molecule has 1 aromatic carbocycles. The maximum absolute atomic E-state index is 12.9. The molecule has 6 heteroatoms. The normalized spacial score (nSPS) is 19.8. The molecule has 1 atom stereocenters. The van der Waals surface area contributed by atoms with Crippen molar-refractivity contribution < 1.29 is 9.18 Å². The number of amides is 2. The van der Waals surface area contributed by atoms with E-state index in [-0.39, 0.29) is 11.8 Å². The number of nitrogens with one attached hydrogen (secondary N) is 1. The van der Waals surface area contributed by atoms with Gasteiger partial charge in [0.15, 0.2) is 0 Å². The van der Waals surface area contributed by atoms with Gasteiger partial charge in [-0.25, -0.2) is 14.2 Å². The molecule has 26 heavy (non-hydrogen) atoms. The van der Waals surface area contributed by atoms with Crippen LogP contribution in [0.5, 0.6) is 0 Å². The number of hydrogen-bond acceptors (Lipinski definition) is 2. The summed E-state index contributed by atoms with van der Waals surface area (Å²) >= 11 is 0. The largest absolute Gasteiger partial charge is 0.334 e. The Balaban J connectivity index is 1.30. The number of aryl methyl sites for hydroxylation is 1. The van der Waals surface area contributed by atoms with Crippen LogP contribution in [0.3, 0.4) is 0 Å². The lowest BCUT2D eigenvalue weighted by Gasteiger charge is -2.19. The predicted octanol–water partition coefficient (Wildman–Crippen LogP) is 3.44. The molecule has 138 valence electrons. The topological polar surface area (TPSA) is 50.2 Å². The van der Waals surface area contributed by atoms with Gasteiger partial charge >= 0.3 is 6.03 Å². The molecule has 1 aliphatic carbocycles. The second-order valence-corrected chi connectivity index (χ2v) is 7.53. The highest BCUT2D eigenvalue weighted by molar-refractivity contribution is 5.74. The molecule has 1 N–H and O–H groups in total. The van der Waals surface area contributed by atoms with Crippen LogP contribution in [-0.4, -0.2) is 33.6 Å². The van der Waals surface area contributed by atoms with Gasteiger partial charge in [0.05, 0.1) is 0 Å². The first-order valence-electron chi connectivity index (χ1n) is 9.39. The average molecular weight is 356 g/mol. The van der Waals surface area contributed by atoms with Crippen molar-refractivity contribution in [2.24, 2.45) is 5.92 Å². The van der Waals surface area contributed by atoms with Crippen LogP contribution in [0.2, 0.25) is 0 Å². The van der Waals surface area contributed by atoms with Gasteiger partial charge < -0.3 is 14.8 Å². The minimum atomic E-state index is -0.261. The van der Waals surface area contributed by atoms with Gasteiger partial charge in [0, 0.05) is 44.0 Å². The van der Waals surface area contributed by atoms with Crippen molar-refractivity contribution >= 4 is 6.03 Å². The Labute approximate surface area is 153 Å². The Morgan fingerprint density at radius 2 is 2.04 bits per heavy atom. The molecule has 0 bridgehead atoms. The van der Waals surface area contributed by atoms with Crippen molar-refractivity contribution in [3.8, 4) is 0 Å². The summed E-state index contributed by atoms with van der Waals surface area (Å²) < 4.78 is 15.3. The summed E-state index contributed by atoms with van der Waals surface area (Å²) in [5.74, 6) is 2.07. The van der Waals surface area contributed by atoms with Gasteiger partial charge in [-0.05, 0) is 49.8 Å². The number of nitrogens with zero attached hydrogens (tertiary/aromatic N) is 3. The Morgan fingerprint density at radius 3 is 2.77 bits per heavy atom. The minimum absolute atomic E-state index is 0.0402. The van der Waals surface area contributed by atoms with Crippen molar-refractivity contribution in [3.05, 3.63) is 53.4 Å². The molecular weight excluding hydrogens is 331 g/mol.